The Morgan fingerprint density at radius 3 is 1.93 bits per heavy atom. The van der Waals surface area contributed by atoms with Crippen LogP contribution in [0.2, 0.25) is 0 Å². The minimum Gasteiger partial charge on any atom is -0.453 e. The molecule has 2 unspecified atom stereocenters. The number of methoxy groups -OCH3 is 2. The molecule has 0 radical (unpaired) electrons. The number of imidazole rings is 1. The molecule has 60 heavy (non-hydrogen) atoms. The molecule has 2 atom stereocenters. The summed E-state index contributed by atoms with van der Waals surface area (Å²) in [5.41, 5.74) is 6.64. The van der Waals surface area contributed by atoms with Crippen molar-refractivity contribution in [1.82, 2.24) is 44.5 Å². The van der Waals surface area contributed by atoms with Crippen molar-refractivity contribution in [3.8, 4) is 35.2 Å². The summed E-state index contributed by atoms with van der Waals surface area (Å²) >= 11 is 1.13. The van der Waals surface area contributed by atoms with E-state index >= 15 is 0 Å². The quantitative estimate of drug-likeness (QED) is 0.0612. The molecule has 0 saturated carbocycles. The number of fused-ring (bicyclic) bond motifs is 1. The lowest BCUT2D eigenvalue weighted by molar-refractivity contribution is -0.135. The highest BCUT2D eigenvalue weighted by Crippen LogP contribution is 2.33. The predicted octanol–water partition coefficient (Wildman–Crippen LogP) is 6.32. The van der Waals surface area contributed by atoms with Gasteiger partial charge in [-0.1, -0.05) is 71.9 Å². The summed E-state index contributed by atoms with van der Waals surface area (Å²) in [7, 11) is 4.35. The molecule has 0 spiro atoms. The SMILES string of the molecule is C#C.CCCN(CC=N/C=C(\NC)c1ccc(-c2ccc(-c3cnc(CN(CCC)C(=O)C(NC(=O)OC)C(C)C)[nH]3)cc2)c2nsnc12)C(=O)C(NC(=O)OC)C(C)C. The average molecular weight is 843 g/mol. The molecule has 2 heterocycles. The standard InChI is InChI=1S/C41H56N10O6S.C2H2/c1-10-19-50(38(52)34(25(3)4)46-40(54)56-8)21-18-43-22-32(42-7)30-17-16-29(36-37(30)49-58-48-36)27-12-14-28(15-13-27)31-23-44-33(45-31)24-51(20-11-2)39(53)35(26(5)6)47-41(55)57-9;1-2/h12-18,22-23,25-26,34-35,42H,10-11,19-21,24H2,1-9H3,(H,44,45)(H,46,54)(H,47,55);1-2H/b32-22-,43-18?;. The van der Waals surface area contributed by atoms with Gasteiger partial charge in [-0.05, 0) is 41.9 Å². The van der Waals surface area contributed by atoms with Crippen LogP contribution >= 0.6 is 11.7 Å². The number of benzene rings is 2. The molecule has 0 saturated heterocycles. The van der Waals surface area contributed by atoms with Crippen LogP contribution in [0.15, 0.2) is 53.8 Å². The summed E-state index contributed by atoms with van der Waals surface area (Å²) in [6, 6.07) is 10.6. The Labute approximate surface area is 356 Å². The van der Waals surface area contributed by atoms with Crippen LogP contribution in [0.4, 0.5) is 9.59 Å². The summed E-state index contributed by atoms with van der Waals surface area (Å²) in [5, 5.41) is 8.54. The molecule has 16 nitrogen and oxygen atoms in total. The topological polar surface area (TPSA) is 196 Å². The molecule has 2 aromatic heterocycles. The lowest BCUT2D eigenvalue weighted by Gasteiger charge is -2.28. The molecule has 0 bridgehead atoms. The molecule has 0 aliphatic carbocycles. The largest absolute Gasteiger partial charge is 0.453 e. The fourth-order valence-electron chi connectivity index (χ4n) is 6.35. The van der Waals surface area contributed by atoms with Crippen molar-refractivity contribution in [2.75, 3.05) is 40.9 Å². The van der Waals surface area contributed by atoms with Crippen molar-refractivity contribution >= 4 is 58.7 Å². The second-order valence-electron chi connectivity index (χ2n) is 14.3. The number of amides is 4. The first-order valence-electron chi connectivity index (χ1n) is 19.8. The Bertz CT molecular complexity index is 2110. The normalized spacial score (nSPS) is 12.4. The number of carbonyl (C=O) groups excluding carboxylic acids is 4. The molecule has 322 valence electrons. The van der Waals surface area contributed by atoms with E-state index in [1.807, 2.05) is 85.0 Å². The zero-order chi connectivity index (χ0) is 44.4. The predicted molar refractivity (Wildman–Crippen MR) is 237 cm³/mol. The summed E-state index contributed by atoms with van der Waals surface area (Å²) in [5.74, 6) is -0.0311. The Morgan fingerprint density at radius 1 is 0.833 bits per heavy atom. The number of rotatable bonds is 19. The van der Waals surface area contributed by atoms with Crippen LogP contribution in [-0.4, -0.2) is 112 Å². The molecule has 4 rings (SSSR count). The molecular formula is C43H58N10O6S. The third kappa shape index (κ3) is 12.6. The van der Waals surface area contributed by atoms with Gasteiger partial charge in [0.05, 0.1) is 62.8 Å². The number of aromatic nitrogens is 4. The van der Waals surface area contributed by atoms with Gasteiger partial charge < -0.3 is 40.2 Å². The molecule has 2 aromatic carbocycles. The van der Waals surface area contributed by atoms with Crippen LogP contribution < -0.4 is 16.0 Å². The van der Waals surface area contributed by atoms with Crippen molar-refractivity contribution in [2.45, 2.75) is 73.0 Å². The van der Waals surface area contributed by atoms with Gasteiger partial charge in [-0.25, -0.2) is 14.6 Å². The number of hydrogen-bond donors (Lipinski definition) is 4. The highest BCUT2D eigenvalue weighted by atomic mass is 32.1. The van der Waals surface area contributed by atoms with Gasteiger partial charge in [0.2, 0.25) is 11.8 Å². The van der Waals surface area contributed by atoms with Crippen LogP contribution in [0.5, 0.6) is 0 Å². The first-order chi connectivity index (χ1) is 28.9. The Hall–Kier alpha value is -6.28. The lowest BCUT2D eigenvalue weighted by Crippen LogP contribution is -2.51. The highest BCUT2D eigenvalue weighted by Gasteiger charge is 2.30. The van der Waals surface area contributed by atoms with E-state index < -0.39 is 24.3 Å². The summed E-state index contributed by atoms with van der Waals surface area (Å²) in [6.07, 6.45) is 13.3. The van der Waals surface area contributed by atoms with Crippen LogP contribution in [0.25, 0.3) is 39.1 Å². The lowest BCUT2D eigenvalue weighted by atomic mass is 9.99. The van der Waals surface area contributed by atoms with E-state index in [1.165, 1.54) is 14.2 Å². The highest BCUT2D eigenvalue weighted by molar-refractivity contribution is 7.00. The number of hydrogen-bond acceptors (Lipinski definition) is 12. The number of H-pyrrole nitrogens is 1. The van der Waals surface area contributed by atoms with Gasteiger partial charge in [-0.2, -0.15) is 8.75 Å². The molecule has 0 aliphatic heterocycles. The first kappa shape index (κ1) is 48.1. The maximum atomic E-state index is 13.5. The minimum absolute atomic E-state index is 0.131. The summed E-state index contributed by atoms with van der Waals surface area (Å²) < 4.78 is 18.8. The van der Waals surface area contributed by atoms with Gasteiger partial charge in [-0.3, -0.25) is 14.6 Å². The zero-order valence-corrected chi connectivity index (χ0v) is 36.8. The Kier molecular flexibility index (Phi) is 19.2. The monoisotopic (exact) mass is 842 g/mol. The van der Waals surface area contributed by atoms with Gasteiger partial charge in [0, 0.05) is 37.5 Å². The third-order valence-corrected chi connectivity index (χ3v) is 9.98. The fraction of sp³-hybridized carbons (Fsp3) is 0.442. The number of nitrogens with zero attached hydrogens (tertiary/aromatic N) is 6. The number of nitrogens with one attached hydrogen (secondary N) is 4. The maximum absolute atomic E-state index is 13.5. The van der Waals surface area contributed by atoms with E-state index in [0.29, 0.717) is 18.9 Å². The number of terminal acetylenes is 1. The molecule has 0 aliphatic rings. The number of ether oxygens (including phenoxy) is 2. The second kappa shape index (κ2) is 24.0. The number of carbonyl (C=O) groups is 4. The van der Waals surface area contributed by atoms with E-state index in [4.69, 9.17) is 9.47 Å². The van der Waals surface area contributed by atoms with Crippen molar-refractivity contribution in [3.63, 3.8) is 0 Å². The smallest absolute Gasteiger partial charge is 0.407 e. The number of aromatic amines is 1. The van der Waals surface area contributed by atoms with E-state index in [2.05, 4.69) is 52.5 Å². The molecule has 4 N–H and O–H groups in total. The van der Waals surface area contributed by atoms with Crippen LogP contribution in [-0.2, 0) is 25.6 Å². The van der Waals surface area contributed by atoms with Gasteiger partial charge >= 0.3 is 12.2 Å². The zero-order valence-electron chi connectivity index (χ0n) is 35.9. The van der Waals surface area contributed by atoms with Gasteiger partial charge in [0.25, 0.3) is 0 Å². The van der Waals surface area contributed by atoms with Gasteiger partial charge in [-0.15, -0.1) is 12.8 Å². The van der Waals surface area contributed by atoms with Crippen molar-refractivity contribution in [3.05, 3.63) is 60.2 Å². The minimum atomic E-state index is -0.725. The van der Waals surface area contributed by atoms with E-state index in [0.717, 1.165) is 69.2 Å². The second-order valence-corrected chi connectivity index (χ2v) is 14.9. The third-order valence-electron chi connectivity index (χ3n) is 9.46. The average Bonchev–Trinajstić information content (AvgIpc) is 3.95. The van der Waals surface area contributed by atoms with E-state index in [-0.39, 0.29) is 36.7 Å². The molecule has 17 heteroatoms. The van der Waals surface area contributed by atoms with Crippen LogP contribution in [0.1, 0.15) is 65.8 Å². The fourth-order valence-corrected chi connectivity index (χ4v) is 6.92. The van der Waals surface area contributed by atoms with E-state index in [1.54, 1.807) is 28.4 Å². The van der Waals surface area contributed by atoms with Crippen LogP contribution in [0.3, 0.4) is 0 Å². The Morgan fingerprint density at radius 2 is 1.38 bits per heavy atom. The summed E-state index contributed by atoms with van der Waals surface area (Å²) in [6.45, 7) is 13.0. The van der Waals surface area contributed by atoms with Crippen molar-refractivity contribution < 1.29 is 28.7 Å². The van der Waals surface area contributed by atoms with Crippen molar-refractivity contribution in [1.29, 1.82) is 0 Å². The summed E-state index contributed by atoms with van der Waals surface area (Å²) in [4.78, 5) is 66.5. The Balaban J connectivity index is 0.00000473. The molecule has 4 amide bonds. The maximum Gasteiger partial charge on any atom is 0.407 e. The van der Waals surface area contributed by atoms with Gasteiger partial charge in [0.15, 0.2) is 0 Å². The first-order valence-corrected chi connectivity index (χ1v) is 20.5. The van der Waals surface area contributed by atoms with E-state index in [9.17, 15) is 19.2 Å². The number of alkyl carbamates (subject to hydrolysis) is 2. The van der Waals surface area contributed by atoms with Crippen molar-refractivity contribution in [2.24, 2.45) is 16.8 Å². The molecule has 0 fully saturated rings. The van der Waals surface area contributed by atoms with Crippen LogP contribution in [0, 0.1) is 24.7 Å². The molecule has 4 aromatic rings. The molecular weight excluding hydrogens is 785 g/mol. The number of aliphatic imine (C=N–C) groups is 1. The van der Waals surface area contributed by atoms with Gasteiger partial charge in [0.1, 0.15) is 28.9 Å².